The molecule has 4 rings (SSSR count). The van der Waals surface area contributed by atoms with Crippen LogP contribution in [-0.4, -0.2) is 42.7 Å². The van der Waals surface area contributed by atoms with Crippen LogP contribution in [0.1, 0.15) is 16.3 Å². The van der Waals surface area contributed by atoms with Gasteiger partial charge < -0.3 is 9.47 Å². The van der Waals surface area contributed by atoms with Gasteiger partial charge in [0.15, 0.2) is 0 Å². The van der Waals surface area contributed by atoms with E-state index in [1.54, 1.807) is 0 Å². The molecule has 0 unspecified atom stereocenters. The number of hydrogen-bond acceptors (Lipinski definition) is 9. The van der Waals surface area contributed by atoms with Gasteiger partial charge in [-0.3, -0.25) is 14.6 Å². The number of carbonyl (C=O) groups is 1. The second-order valence-corrected chi connectivity index (χ2v) is 10.4. The van der Waals surface area contributed by atoms with Gasteiger partial charge in [0, 0.05) is 23.1 Å². The third-order valence-corrected chi connectivity index (χ3v) is 7.36. The predicted octanol–water partition coefficient (Wildman–Crippen LogP) is 2.33. The van der Waals surface area contributed by atoms with E-state index in [2.05, 4.69) is 19.9 Å². The Labute approximate surface area is 205 Å². The van der Waals surface area contributed by atoms with Crippen LogP contribution in [-0.2, 0) is 32.6 Å². The van der Waals surface area contributed by atoms with Crippen LogP contribution >= 0.6 is 11.3 Å². The van der Waals surface area contributed by atoms with Crippen LogP contribution in [0.4, 0.5) is 0 Å². The van der Waals surface area contributed by atoms with Crippen LogP contribution in [0.5, 0.6) is 5.75 Å². The summed E-state index contributed by atoms with van der Waals surface area (Å²) in [6, 6.07) is 14.3. The van der Waals surface area contributed by atoms with Crippen molar-refractivity contribution in [2.45, 2.75) is 30.9 Å². The number of esters is 1. The molecule has 12 heteroatoms. The topological polar surface area (TPSA) is 140 Å². The highest BCUT2D eigenvalue weighted by Crippen LogP contribution is 2.22. The average Bonchev–Trinajstić information content (AvgIpc) is 3.26. The maximum Gasteiger partial charge on any atom is 0.324 e. The summed E-state index contributed by atoms with van der Waals surface area (Å²) in [4.78, 5) is 27.5. The standard InChI is InChI=1S/C23H22N4O6S2/c1-14-11-15(18-5-3-4-6-19(18)24-14)13-33-16-7-9-17(10-8-16)35(30,31)27-20(22(28)32-2)12-21-25-26-23(29)34-21/h3-11,20,27H,12-13H2,1-2H3,(H,26,29)/t20-/m0/s1. The van der Waals surface area contributed by atoms with Crippen LogP contribution in [0.15, 0.2) is 64.3 Å². The van der Waals surface area contributed by atoms with Crippen LogP contribution < -0.4 is 14.3 Å². The minimum atomic E-state index is -4.07. The number of nitrogens with zero attached hydrogens (tertiary/aromatic N) is 2. The molecule has 2 aromatic carbocycles. The maximum atomic E-state index is 12.9. The number of fused-ring (bicyclic) bond motifs is 1. The summed E-state index contributed by atoms with van der Waals surface area (Å²) < 4.78 is 38.7. The van der Waals surface area contributed by atoms with Gasteiger partial charge in [-0.15, -0.1) is 0 Å². The fourth-order valence-corrected chi connectivity index (χ4v) is 5.31. The zero-order chi connectivity index (χ0) is 25.0. The van der Waals surface area contributed by atoms with Crippen molar-refractivity contribution in [3.05, 3.63) is 80.5 Å². The van der Waals surface area contributed by atoms with Crippen molar-refractivity contribution in [2.75, 3.05) is 7.11 Å². The molecular formula is C23H22N4O6S2. The lowest BCUT2D eigenvalue weighted by Gasteiger charge is -2.16. The Morgan fingerprint density at radius 2 is 1.91 bits per heavy atom. The van der Waals surface area contributed by atoms with E-state index in [4.69, 9.17) is 9.47 Å². The number of benzene rings is 2. The second-order valence-electron chi connectivity index (χ2n) is 7.61. The number of carbonyl (C=O) groups excluding carboxylic acids is 1. The molecule has 2 aromatic heterocycles. The van der Waals surface area contributed by atoms with Crippen molar-refractivity contribution >= 4 is 38.2 Å². The van der Waals surface area contributed by atoms with Gasteiger partial charge in [-0.05, 0) is 43.3 Å². The first-order chi connectivity index (χ1) is 16.7. The number of para-hydroxylation sites is 1. The summed E-state index contributed by atoms with van der Waals surface area (Å²) in [7, 11) is -2.92. The largest absolute Gasteiger partial charge is 0.489 e. The molecule has 35 heavy (non-hydrogen) atoms. The molecule has 0 spiro atoms. The van der Waals surface area contributed by atoms with Crippen molar-refractivity contribution in [1.29, 1.82) is 0 Å². The number of H-pyrrole nitrogens is 1. The first kappa shape index (κ1) is 24.5. The second kappa shape index (κ2) is 10.3. The number of pyridine rings is 1. The number of nitrogens with one attached hydrogen (secondary N) is 2. The quantitative estimate of drug-likeness (QED) is 0.324. The number of aromatic nitrogens is 3. The van der Waals surface area contributed by atoms with Crippen LogP contribution in [0.2, 0.25) is 0 Å². The lowest BCUT2D eigenvalue weighted by atomic mass is 10.1. The van der Waals surface area contributed by atoms with E-state index in [-0.39, 0.29) is 22.9 Å². The Morgan fingerprint density at radius 3 is 2.60 bits per heavy atom. The fourth-order valence-electron chi connectivity index (χ4n) is 3.48. The normalized spacial score (nSPS) is 12.4. The molecule has 2 heterocycles. The van der Waals surface area contributed by atoms with Crippen LogP contribution in [0, 0.1) is 6.92 Å². The van der Waals surface area contributed by atoms with Gasteiger partial charge in [0.2, 0.25) is 10.0 Å². The Bertz CT molecular complexity index is 1510. The molecular weight excluding hydrogens is 492 g/mol. The van der Waals surface area contributed by atoms with Crippen molar-refractivity contribution in [3.63, 3.8) is 0 Å². The van der Waals surface area contributed by atoms with E-state index < -0.39 is 26.9 Å². The van der Waals surface area contributed by atoms with Gasteiger partial charge >= 0.3 is 10.8 Å². The molecule has 182 valence electrons. The molecule has 0 aliphatic carbocycles. The van der Waals surface area contributed by atoms with Gasteiger partial charge in [-0.25, -0.2) is 13.5 Å². The van der Waals surface area contributed by atoms with Crippen molar-refractivity contribution in [2.24, 2.45) is 0 Å². The third-order valence-electron chi connectivity index (χ3n) is 5.10. The van der Waals surface area contributed by atoms with Gasteiger partial charge in [0.05, 0.1) is 17.5 Å². The minimum absolute atomic E-state index is 0.0563. The van der Waals surface area contributed by atoms with E-state index in [1.807, 2.05) is 37.3 Å². The molecule has 0 aliphatic heterocycles. The summed E-state index contributed by atoms with van der Waals surface area (Å²) in [5.74, 6) is -0.315. The highest BCUT2D eigenvalue weighted by molar-refractivity contribution is 7.89. The van der Waals surface area contributed by atoms with E-state index in [0.29, 0.717) is 5.75 Å². The number of rotatable bonds is 9. The Kier molecular flexibility index (Phi) is 7.24. The summed E-state index contributed by atoms with van der Waals surface area (Å²) in [6.45, 7) is 2.20. The monoisotopic (exact) mass is 514 g/mol. The van der Waals surface area contributed by atoms with Gasteiger partial charge in [0.25, 0.3) is 0 Å². The zero-order valence-corrected chi connectivity index (χ0v) is 20.5. The Hall–Kier alpha value is -3.61. The number of aryl methyl sites for hydroxylation is 1. The molecule has 0 saturated heterocycles. The lowest BCUT2D eigenvalue weighted by Crippen LogP contribution is -2.42. The van der Waals surface area contributed by atoms with E-state index >= 15 is 0 Å². The molecule has 2 N–H and O–H groups in total. The minimum Gasteiger partial charge on any atom is -0.489 e. The van der Waals surface area contributed by atoms with Gasteiger partial charge in [0.1, 0.15) is 23.4 Å². The molecule has 0 aliphatic rings. The maximum absolute atomic E-state index is 12.9. The predicted molar refractivity (Wildman–Crippen MR) is 130 cm³/mol. The molecule has 0 saturated carbocycles. The number of ether oxygens (including phenoxy) is 2. The molecule has 0 bridgehead atoms. The van der Waals surface area contributed by atoms with Crippen LogP contribution in [0.3, 0.4) is 0 Å². The fraction of sp³-hybridized carbons (Fsp3) is 0.217. The van der Waals surface area contributed by atoms with E-state index in [9.17, 15) is 18.0 Å². The SMILES string of the molecule is COC(=O)[C@H](Cc1n[nH]c(=O)s1)NS(=O)(=O)c1ccc(OCc2cc(C)nc3ccccc23)cc1. The van der Waals surface area contributed by atoms with Crippen molar-refractivity contribution in [3.8, 4) is 5.75 Å². The van der Waals surface area contributed by atoms with Crippen LogP contribution in [0.25, 0.3) is 10.9 Å². The number of hydrogen-bond donors (Lipinski definition) is 2. The lowest BCUT2D eigenvalue weighted by molar-refractivity contribution is -0.142. The average molecular weight is 515 g/mol. The summed E-state index contributed by atoms with van der Waals surface area (Å²) >= 11 is 0.787. The smallest absolute Gasteiger partial charge is 0.324 e. The third kappa shape index (κ3) is 5.91. The summed E-state index contributed by atoms with van der Waals surface area (Å²) in [5.41, 5.74) is 2.71. The zero-order valence-electron chi connectivity index (χ0n) is 18.8. The Morgan fingerprint density at radius 1 is 1.17 bits per heavy atom. The molecule has 0 fully saturated rings. The summed E-state index contributed by atoms with van der Waals surface area (Å²) in [5, 5.41) is 7.27. The van der Waals surface area contributed by atoms with E-state index in [0.717, 1.165) is 40.6 Å². The van der Waals surface area contributed by atoms with Gasteiger partial charge in [-0.1, -0.05) is 29.5 Å². The number of methoxy groups -OCH3 is 1. The highest BCUT2D eigenvalue weighted by Gasteiger charge is 2.28. The first-order valence-electron chi connectivity index (χ1n) is 10.5. The van der Waals surface area contributed by atoms with Crippen molar-refractivity contribution < 1.29 is 22.7 Å². The Balaban J connectivity index is 1.47. The van der Waals surface area contributed by atoms with Gasteiger partial charge in [-0.2, -0.15) is 9.82 Å². The molecule has 10 nitrogen and oxygen atoms in total. The highest BCUT2D eigenvalue weighted by atomic mass is 32.2. The number of sulfonamides is 1. The molecule has 0 amide bonds. The first-order valence-corrected chi connectivity index (χ1v) is 12.8. The molecule has 4 aromatic rings. The van der Waals surface area contributed by atoms with Crippen molar-refractivity contribution in [1.82, 2.24) is 19.9 Å². The van der Waals surface area contributed by atoms with E-state index in [1.165, 1.54) is 24.3 Å². The number of aromatic amines is 1. The molecule has 0 radical (unpaired) electrons. The summed E-state index contributed by atoms with van der Waals surface area (Å²) in [6.07, 6.45) is -0.129. The molecule has 1 atom stereocenters.